The van der Waals surface area contributed by atoms with Crippen molar-refractivity contribution in [1.82, 2.24) is 4.90 Å². The molecule has 32 heavy (non-hydrogen) atoms. The quantitative estimate of drug-likeness (QED) is 0.436. The average molecular weight is 434 g/mol. The van der Waals surface area contributed by atoms with E-state index in [1.807, 2.05) is 49.1 Å². The molecule has 1 saturated heterocycles. The van der Waals surface area contributed by atoms with E-state index in [1.54, 1.807) is 19.4 Å². The third-order valence-electron chi connectivity index (χ3n) is 6.23. The van der Waals surface area contributed by atoms with Gasteiger partial charge < -0.3 is 18.8 Å². The highest BCUT2D eigenvalue weighted by molar-refractivity contribution is 6.01. The molecule has 2 aromatic carbocycles. The fourth-order valence-electron chi connectivity index (χ4n) is 4.30. The third-order valence-corrected chi connectivity index (χ3v) is 6.23. The molecule has 1 aliphatic heterocycles. The lowest BCUT2D eigenvalue weighted by Gasteiger charge is -2.29. The number of carbonyl (C=O) groups excluding carboxylic acids is 1. The Kier molecular flexibility index (Phi) is 6.54. The molecule has 1 amide bonds. The number of fused-ring (bicyclic) bond motifs is 1. The highest BCUT2D eigenvalue weighted by atomic mass is 16.5. The van der Waals surface area contributed by atoms with E-state index in [9.17, 15) is 4.79 Å². The minimum Gasteiger partial charge on any atom is -0.496 e. The number of nitrogens with zero attached hydrogens (tertiary/aromatic N) is 1. The lowest BCUT2D eigenvalue weighted by Crippen LogP contribution is -2.36. The Morgan fingerprint density at radius 1 is 1.16 bits per heavy atom. The van der Waals surface area contributed by atoms with Crippen LogP contribution in [0.4, 0.5) is 0 Å². The Labute approximate surface area is 189 Å². The first kappa shape index (κ1) is 22.0. The summed E-state index contributed by atoms with van der Waals surface area (Å²) in [6.07, 6.45) is 5.61. The van der Waals surface area contributed by atoms with Crippen molar-refractivity contribution < 1.29 is 18.7 Å². The van der Waals surface area contributed by atoms with E-state index in [0.29, 0.717) is 12.5 Å². The molecule has 0 atom stereocenters. The Morgan fingerprint density at radius 3 is 2.62 bits per heavy atom. The van der Waals surface area contributed by atoms with Gasteiger partial charge in [-0.25, -0.2) is 0 Å². The summed E-state index contributed by atoms with van der Waals surface area (Å²) in [6, 6.07) is 11.9. The van der Waals surface area contributed by atoms with Gasteiger partial charge in [0.05, 0.1) is 20.0 Å². The van der Waals surface area contributed by atoms with Crippen molar-refractivity contribution in [2.75, 3.05) is 26.8 Å². The normalized spacial score (nSPS) is 15.2. The zero-order valence-corrected chi connectivity index (χ0v) is 19.3. The van der Waals surface area contributed by atoms with Gasteiger partial charge in [-0.15, -0.1) is 0 Å². The zero-order valence-electron chi connectivity index (χ0n) is 19.3. The SMILES string of the molecule is CCOc1cc2occ(-c3ccccc3OC)c2cc1/C(C)=C/C(=O)N1CCC(C)CC1. The molecule has 0 spiro atoms. The van der Waals surface area contributed by atoms with E-state index in [2.05, 4.69) is 13.0 Å². The second-order valence-electron chi connectivity index (χ2n) is 8.46. The number of hydrogen-bond donors (Lipinski definition) is 0. The Hall–Kier alpha value is -3.21. The minimum atomic E-state index is 0.0640. The molecule has 0 bridgehead atoms. The maximum absolute atomic E-state index is 12.9. The van der Waals surface area contributed by atoms with Crippen LogP contribution in [-0.4, -0.2) is 37.6 Å². The molecule has 2 heterocycles. The first-order valence-electron chi connectivity index (χ1n) is 11.3. The van der Waals surface area contributed by atoms with E-state index in [-0.39, 0.29) is 5.91 Å². The van der Waals surface area contributed by atoms with E-state index < -0.39 is 0 Å². The van der Waals surface area contributed by atoms with Crippen molar-refractivity contribution in [3.63, 3.8) is 0 Å². The maximum Gasteiger partial charge on any atom is 0.246 e. The van der Waals surface area contributed by atoms with Gasteiger partial charge in [-0.1, -0.05) is 25.1 Å². The molecule has 1 aliphatic rings. The fraction of sp³-hybridized carbons (Fsp3) is 0.370. The van der Waals surface area contributed by atoms with Crippen LogP contribution in [0.15, 0.2) is 53.2 Å². The Bertz CT molecular complexity index is 1140. The molecule has 0 radical (unpaired) electrons. The summed E-state index contributed by atoms with van der Waals surface area (Å²) in [5.74, 6) is 2.25. The lowest BCUT2D eigenvalue weighted by molar-refractivity contribution is -0.127. The first-order chi connectivity index (χ1) is 15.5. The number of rotatable bonds is 6. The van der Waals surface area contributed by atoms with Gasteiger partial charge in [0, 0.05) is 47.3 Å². The number of methoxy groups -OCH3 is 1. The van der Waals surface area contributed by atoms with E-state index in [4.69, 9.17) is 13.9 Å². The molecule has 5 nitrogen and oxygen atoms in total. The smallest absolute Gasteiger partial charge is 0.246 e. The number of carbonyl (C=O) groups is 1. The third kappa shape index (κ3) is 4.38. The van der Waals surface area contributed by atoms with Crippen LogP contribution in [0.5, 0.6) is 11.5 Å². The predicted octanol–water partition coefficient (Wildman–Crippen LogP) is 6.17. The van der Waals surface area contributed by atoms with Gasteiger partial charge in [0.1, 0.15) is 17.1 Å². The van der Waals surface area contributed by atoms with Crippen molar-refractivity contribution in [1.29, 1.82) is 0 Å². The molecule has 0 aliphatic carbocycles. The van der Waals surface area contributed by atoms with E-state index in [0.717, 1.165) is 70.7 Å². The van der Waals surface area contributed by atoms with Crippen LogP contribution in [0.2, 0.25) is 0 Å². The molecule has 4 rings (SSSR count). The van der Waals surface area contributed by atoms with Crippen molar-refractivity contribution in [2.45, 2.75) is 33.6 Å². The molecular weight excluding hydrogens is 402 g/mol. The molecule has 3 aromatic rings. The van der Waals surface area contributed by atoms with Crippen LogP contribution in [0.1, 0.15) is 39.2 Å². The molecule has 0 N–H and O–H groups in total. The maximum atomic E-state index is 12.9. The molecule has 1 aromatic heterocycles. The summed E-state index contributed by atoms with van der Waals surface area (Å²) in [4.78, 5) is 14.9. The van der Waals surface area contributed by atoms with Gasteiger partial charge in [0.25, 0.3) is 0 Å². The van der Waals surface area contributed by atoms with Crippen molar-refractivity contribution in [3.8, 4) is 22.6 Å². The van der Waals surface area contributed by atoms with Crippen LogP contribution < -0.4 is 9.47 Å². The van der Waals surface area contributed by atoms with Crippen molar-refractivity contribution in [2.24, 2.45) is 5.92 Å². The molecule has 0 unspecified atom stereocenters. The number of allylic oxidation sites excluding steroid dienone is 1. The standard InChI is InChI=1S/C27H31NO4/c1-5-31-25-16-26-22(23(17-32-26)20-8-6-7-9-24(20)30-4)15-21(25)19(3)14-27(29)28-12-10-18(2)11-13-28/h6-9,14-18H,5,10-13H2,1-4H3/b19-14+. The van der Waals surface area contributed by atoms with Crippen molar-refractivity contribution in [3.05, 3.63) is 54.3 Å². The Morgan fingerprint density at radius 2 is 1.91 bits per heavy atom. The van der Waals surface area contributed by atoms with Crippen LogP contribution in [0.25, 0.3) is 27.7 Å². The minimum absolute atomic E-state index is 0.0640. The van der Waals surface area contributed by atoms with Crippen LogP contribution in [-0.2, 0) is 4.79 Å². The number of furan rings is 1. The second kappa shape index (κ2) is 9.51. The summed E-state index contributed by atoms with van der Waals surface area (Å²) >= 11 is 0. The van der Waals surface area contributed by atoms with Gasteiger partial charge in [0.2, 0.25) is 5.91 Å². The summed E-state index contributed by atoms with van der Waals surface area (Å²) in [6.45, 7) is 8.34. The van der Waals surface area contributed by atoms with Gasteiger partial charge in [-0.05, 0) is 50.3 Å². The average Bonchev–Trinajstić information content (AvgIpc) is 3.21. The van der Waals surface area contributed by atoms with Gasteiger partial charge in [-0.2, -0.15) is 0 Å². The number of ether oxygens (including phenoxy) is 2. The van der Waals surface area contributed by atoms with Crippen LogP contribution in [0.3, 0.4) is 0 Å². The predicted molar refractivity (Wildman–Crippen MR) is 128 cm³/mol. The number of benzene rings is 2. The lowest BCUT2D eigenvalue weighted by atomic mass is 9.97. The monoisotopic (exact) mass is 433 g/mol. The molecular formula is C27H31NO4. The second-order valence-corrected chi connectivity index (χ2v) is 8.46. The number of para-hydroxylation sites is 1. The van der Waals surface area contributed by atoms with E-state index >= 15 is 0 Å². The fourth-order valence-corrected chi connectivity index (χ4v) is 4.30. The molecule has 5 heteroatoms. The molecule has 1 fully saturated rings. The van der Waals surface area contributed by atoms with Crippen LogP contribution in [0, 0.1) is 5.92 Å². The van der Waals surface area contributed by atoms with Crippen molar-refractivity contribution >= 4 is 22.4 Å². The summed E-state index contributed by atoms with van der Waals surface area (Å²) in [5, 5.41) is 0.958. The van der Waals surface area contributed by atoms with Gasteiger partial charge in [-0.3, -0.25) is 4.79 Å². The highest BCUT2D eigenvalue weighted by Crippen LogP contribution is 2.40. The number of likely N-dealkylation sites (tertiary alicyclic amines) is 1. The van der Waals surface area contributed by atoms with Crippen LogP contribution >= 0.6 is 0 Å². The number of hydrogen-bond acceptors (Lipinski definition) is 4. The number of amides is 1. The molecule has 0 saturated carbocycles. The Balaban J connectivity index is 1.75. The highest BCUT2D eigenvalue weighted by Gasteiger charge is 2.21. The summed E-state index contributed by atoms with van der Waals surface area (Å²) in [7, 11) is 1.67. The molecule has 168 valence electrons. The van der Waals surface area contributed by atoms with E-state index in [1.165, 1.54) is 0 Å². The largest absolute Gasteiger partial charge is 0.496 e. The zero-order chi connectivity index (χ0) is 22.7. The van der Waals surface area contributed by atoms with Gasteiger partial charge >= 0.3 is 0 Å². The summed E-state index contributed by atoms with van der Waals surface area (Å²) in [5.41, 5.74) is 4.43. The first-order valence-corrected chi connectivity index (χ1v) is 11.3. The number of piperidine rings is 1. The van der Waals surface area contributed by atoms with Gasteiger partial charge in [0.15, 0.2) is 0 Å². The summed E-state index contributed by atoms with van der Waals surface area (Å²) < 4.78 is 17.4. The topological polar surface area (TPSA) is 51.9 Å².